The summed E-state index contributed by atoms with van der Waals surface area (Å²) < 4.78 is 13.7. The molecule has 0 saturated carbocycles. The second kappa shape index (κ2) is 6.89. The molecule has 23 heavy (non-hydrogen) atoms. The number of rotatable bonds is 4. The van der Waals surface area contributed by atoms with Crippen molar-refractivity contribution in [1.82, 2.24) is 5.48 Å². The van der Waals surface area contributed by atoms with E-state index in [-0.39, 0.29) is 24.2 Å². The summed E-state index contributed by atoms with van der Waals surface area (Å²) in [5.41, 5.74) is 11.7. The lowest BCUT2D eigenvalue weighted by Crippen LogP contribution is -2.18. The molecule has 1 aliphatic rings. The molecule has 2 aromatic rings. The molecular formula is C18H19FN2O2. The van der Waals surface area contributed by atoms with Gasteiger partial charge in [0.2, 0.25) is 0 Å². The van der Waals surface area contributed by atoms with Gasteiger partial charge in [0, 0.05) is 30.5 Å². The van der Waals surface area contributed by atoms with E-state index in [1.54, 1.807) is 6.07 Å². The average Bonchev–Trinajstić information content (AvgIpc) is 2.77. The van der Waals surface area contributed by atoms with Crippen LogP contribution >= 0.6 is 0 Å². The number of aldehydes is 1. The molecule has 1 unspecified atom stereocenters. The molecule has 0 amide bonds. The number of nitrogens with two attached hydrogens (primary N) is 1. The third-order valence-corrected chi connectivity index (χ3v) is 4.16. The third kappa shape index (κ3) is 3.41. The fraction of sp³-hybridized carbons (Fsp3) is 0.278. The predicted molar refractivity (Wildman–Crippen MR) is 85.5 cm³/mol. The highest BCUT2D eigenvalue weighted by Gasteiger charge is 2.23. The van der Waals surface area contributed by atoms with Crippen LogP contribution in [-0.2, 0) is 4.79 Å². The Hall–Kier alpha value is -2.24. The number of hydroxylamine groups is 1. The zero-order chi connectivity index (χ0) is 16.2. The Labute approximate surface area is 134 Å². The Morgan fingerprint density at radius 1 is 1.35 bits per heavy atom. The number of hydrogen-bond acceptors (Lipinski definition) is 4. The van der Waals surface area contributed by atoms with Gasteiger partial charge in [-0.15, -0.1) is 0 Å². The molecule has 120 valence electrons. The topological polar surface area (TPSA) is 64.4 Å². The number of halogens is 1. The van der Waals surface area contributed by atoms with Crippen molar-refractivity contribution in [3.8, 4) is 5.75 Å². The fourth-order valence-electron chi connectivity index (χ4n) is 2.96. The maximum absolute atomic E-state index is 13.7. The van der Waals surface area contributed by atoms with Gasteiger partial charge in [0.1, 0.15) is 12.1 Å². The van der Waals surface area contributed by atoms with E-state index in [1.165, 1.54) is 12.1 Å². The second-order valence-corrected chi connectivity index (χ2v) is 5.70. The van der Waals surface area contributed by atoms with Gasteiger partial charge in [-0.25, -0.2) is 4.39 Å². The van der Waals surface area contributed by atoms with E-state index >= 15 is 0 Å². The van der Waals surface area contributed by atoms with E-state index in [4.69, 9.17) is 10.6 Å². The van der Waals surface area contributed by atoms with E-state index in [2.05, 4.69) is 5.48 Å². The molecule has 0 saturated heterocycles. The van der Waals surface area contributed by atoms with Crippen molar-refractivity contribution in [2.45, 2.75) is 24.8 Å². The maximum atomic E-state index is 13.7. The highest BCUT2D eigenvalue weighted by molar-refractivity contribution is 5.52. The normalized spacial score (nSPS) is 18.4. The second-order valence-electron chi connectivity index (χ2n) is 5.70. The molecule has 0 spiro atoms. The Kier molecular flexibility index (Phi) is 4.69. The molecule has 0 radical (unpaired) electrons. The largest absolute Gasteiger partial charge is 0.408 e. The summed E-state index contributed by atoms with van der Waals surface area (Å²) >= 11 is 0. The van der Waals surface area contributed by atoms with Crippen LogP contribution in [0.3, 0.4) is 0 Å². The van der Waals surface area contributed by atoms with Gasteiger partial charge in [-0.05, 0) is 35.7 Å². The molecule has 3 rings (SSSR count). The van der Waals surface area contributed by atoms with Gasteiger partial charge in [0.25, 0.3) is 0 Å². The summed E-state index contributed by atoms with van der Waals surface area (Å²) in [4.78, 5) is 16.2. The maximum Gasteiger partial charge on any atom is 0.151 e. The minimum Gasteiger partial charge on any atom is -0.408 e. The van der Waals surface area contributed by atoms with Gasteiger partial charge in [-0.3, -0.25) is 0 Å². The molecule has 5 heteroatoms. The van der Waals surface area contributed by atoms with Crippen LogP contribution in [0.25, 0.3) is 0 Å². The van der Waals surface area contributed by atoms with E-state index in [0.717, 1.165) is 29.4 Å². The van der Waals surface area contributed by atoms with E-state index in [0.29, 0.717) is 12.3 Å². The van der Waals surface area contributed by atoms with Gasteiger partial charge in [-0.2, -0.15) is 5.48 Å². The van der Waals surface area contributed by atoms with Gasteiger partial charge in [0.05, 0.1) is 0 Å². The number of fused-ring (bicyclic) bond motifs is 1. The summed E-state index contributed by atoms with van der Waals surface area (Å²) in [6.07, 6.45) is 1.89. The van der Waals surface area contributed by atoms with Crippen molar-refractivity contribution in [3.05, 3.63) is 65.0 Å². The first-order valence-electron chi connectivity index (χ1n) is 7.67. The standard InChI is InChI=1S/C18H19FN2O2/c19-14-4-5-18-16(11-14)15(6-8-21-23-18)12-2-1-3-13(10-12)17(20)7-9-22/h1-5,9-11,15,17,21H,6-8,20H2/t15?,17-/m0/s1. The van der Waals surface area contributed by atoms with Crippen LogP contribution < -0.4 is 16.1 Å². The van der Waals surface area contributed by atoms with Crippen molar-refractivity contribution in [1.29, 1.82) is 0 Å². The highest BCUT2D eigenvalue weighted by atomic mass is 19.1. The molecule has 0 aliphatic carbocycles. The van der Waals surface area contributed by atoms with Crippen molar-refractivity contribution < 1.29 is 14.0 Å². The number of carbonyl (C=O) groups excluding carboxylic acids is 1. The molecule has 2 aromatic carbocycles. The lowest BCUT2D eigenvalue weighted by molar-refractivity contribution is -0.108. The van der Waals surface area contributed by atoms with E-state index < -0.39 is 0 Å². The molecule has 0 bridgehead atoms. The van der Waals surface area contributed by atoms with Crippen molar-refractivity contribution in [2.75, 3.05) is 6.54 Å². The van der Waals surface area contributed by atoms with Crippen molar-refractivity contribution in [2.24, 2.45) is 5.73 Å². The van der Waals surface area contributed by atoms with Gasteiger partial charge < -0.3 is 15.4 Å². The Morgan fingerprint density at radius 2 is 2.22 bits per heavy atom. The Balaban J connectivity index is 2.00. The third-order valence-electron chi connectivity index (χ3n) is 4.16. The molecule has 1 heterocycles. The lowest BCUT2D eigenvalue weighted by Gasteiger charge is -2.18. The highest BCUT2D eigenvalue weighted by Crippen LogP contribution is 2.36. The zero-order valence-corrected chi connectivity index (χ0v) is 12.7. The summed E-state index contributed by atoms with van der Waals surface area (Å²) in [6, 6.07) is 12.1. The quantitative estimate of drug-likeness (QED) is 0.852. The zero-order valence-electron chi connectivity index (χ0n) is 12.7. The average molecular weight is 314 g/mol. The molecular weight excluding hydrogens is 295 g/mol. The predicted octanol–water partition coefficient (Wildman–Crippen LogP) is 2.83. The minimum atomic E-state index is -0.320. The van der Waals surface area contributed by atoms with Crippen LogP contribution in [0.15, 0.2) is 42.5 Å². The van der Waals surface area contributed by atoms with Crippen LogP contribution in [0.4, 0.5) is 4.39 Å². The summed E-state index contributed by atoms with van der Waals surface area (Å²) in [5.74, 6) is 0.364. The van der Waals surface area contributed by atoms with E-state index in [1.807, 2.05) is 24.3 Å². The van der Waals surface area contributed by atoms with Crippen LogP contribution in [0.2, 0.25) is 0 Å². The molecule has 3 N–H and O–H groups in total. The van der Waals surface area contributed by atoms with Gasteiger partial charge in [0.15, 0.2) is 5.75 Å². The van der Waals surface area contributed by atoms with Gasteiger partial charge in [-0.1, -0.05) is 24.3 Å². The molecule has 1 aliphatic heterocycles. The summed E-state index contributed by atoms with van der Waals surface area (Å²) in [7, 11) is 0. The Morgan fingerprint density at radius 3 is 3.04 bits per heavy atom. The SMILES string of the molecule is N[C@@H](CC=O)c1cccc(C2CCNOc3ccc(F)cc32)c1. The summed E-state index contributed by atoms with van der Waals surface area (Å²) in [6.45, 7) is 0.658. The number of benzene rings is 2. The van der Waals surface area contributed by atoms with Crippen molar-refractivity contribution >= 4 is 6.29 Å². The monoisotopic (exact) mass is 314 g/mol. The summed E-state index contributed by atoms with van der Waals surface area (Å²) in [5, 5.41) is 0. The van der Waals surface area contributed by atoms with Crippen LogP contribution in [0.5, 0.6) is 5.75 Å². The molecule has 4 nitrogen and oxygen atoms in total. The first kappa shape index (κ1) is 15.6. The molecule has 0 fully saturated rings. The van der Waals surface area contributed by atoms with E-state index in [9.17, 15) is 9.18 Å². The Bertz CT molecular complexity index is 705. The number of nitrogens with one attached hydrogen (secondary N) is 1. The van der Waals surface area contributed by atoms with Crippen LogP contribution in [0, 0.1) is 5.82 Å². The first-order chi connectivity index (χ1) is 11.2. The fourth-order valence-corrected chi connectivity index (χ4v) is 2.96. The van der Waals surface area contributed by atoms with Crippen LogP contribution in [0.1, 0.15) is 41.5 Å². The molecule has 0 aromatic heterocycles. The number of carbonyl (C=O) groups is 1. The number of hydrogen-bond donors (Lipinski definition) is 2. The molecule has 2 atom stereocenters. The first-order valence-corrected chi connectivity index (χ1v) is 7.67. The van der Waals surface area contributed by atoms with Crippen LogP contribution in [-0.4, -0.2) is 12.8 Å². The van der Waals surface area contributed by atoms with Gasteiger partial charge >= 0.3 is 0 Å². The smallest absolute Gasteiger partial charge is 0.151 e. The minimum absolute atomic E-state index is 0.0130. The lowest BCUT2D eigenvalue weighted by atomic mass is 9.86. The van der Waals surface area contributed by atoms with Crippen molar-refractivity contribution in [3.63, 3.8) is 0 Å².